The van der Waals surface area contributed by atoms with Gasteiger partial charge >= 0.3 is 5.97 Å². The van der Waals surface area contributed by atoms with Crippen molar-refractivity contribution in [3.8, 4) is 0 Å². The molecule has 0 aromatic carbocycles. The van der Waals surface area contributed by atoms with Gasteiger partial charge in [0.15, 0.2) is 0 Å². The summed E-state index contributed by atoms with van der Waals surface area (Å²) in [5.41, 5.74) is -0.251. The Balaban J connectivity index is 4.23. The fraction of sp³-hybridized carbons (Fsp3) is 0.917. The van der Waals surface area contributed by atoms with Crippen LogP contribution in [0.25, 0.3) is 0 Å². The number of esters is 1. The molecule has 0 aliphatic rings. The Morgan fingerprint density at radius 3 is 1.93 bits per heavy atom. The average Bonchev–Trinajstić information content (AvgIpc) is 2.15. The van der Waals surface area contributed by atoms with Gasteiger partial charge in [0.1, 0.15) is 0 Å². The van der Waals surface area contributed by atoms with Crippen LogP contribution in [0.4, 0.5) is 0 Å². The van der Waals surface area contributed by atoms with E-state index in [0.717, 1.165) is 32.1 Å². The van der Waals surface area contributed by atoms with Crippen LogP contribution in [0.1, 0.15) is 59.8 Å². The lowest BCUT2D eigenvalue weighted by Gasteiger charge is -2.26. The van der Waals surface area contributed by atoms with Crippen LogP contribution in [-0.4, -0.2) is 12.6 Å². The molecule has 0 spiro atoms. The van der Waals surface area contributed by atoms with Crippen molar-refractivity contribution in [1.82, 2.24) is 0 Å². The largest absolute Gasteiger partial charge is 0.465 e. The highest BCUT2D eigenvalue weighted by Gasteiger charge is 2.32. The van der Waals surface area contributed by atoms with Gasteiger partial charge in [0.25, 0.3) is 0 Å². The minimum Gasteiger partial charge on any atom is -0.465 e. The van der Waals surface area contributed by atoms with Gasteiger partial charge in [-0.25, -0.2) is 0 Å². The predicted octanol–water partition coefficient (Wildman–Crippen LogP) is 3.55. The molecule has 0 heterocycles. The number of hydrogen-bond donors (Lipinski definition) is 0. The maximum absolute atomic E-state index is 11.8. The van der Waals surface area contributed by atoms with Gasteiger partial charge in [-0.15, -0.1) is 0 Å². The summed E-state index contributed by atoms with van der Waals surface area (Å²) in [5.74, 6) is -0.0111. The summed E-state index contributed by atoms with van der Waals surface area (Å²) in [5, 5.41) is 0. The van der Waals surface area contributed by atoms with Gasteiger partial charge in [0.2, 0.25) is 0 Å². The van der Waals surface area contributed by atoms with Crippen LogP contribution in [0.3, 0.4) is 0 Å². The lowest BCUT2D eigenvalue weighted by molar-refractivity contribution is -0.156. The first-order valence-electron chi connectivity index (χ1n) is 5.78. The monoisotopic (exact) mass is 200 g/mol. The predicted molar refractivity (Wildman–Crippen MR) is 59.2 cm³/mol. The van der Waals surface area contributed by atoms with Gasteiger partial charge in [0, 0.05) is 0 Å². The SMILES string of the molecule is CCCOC(=O)C(C)(CCC)CCC. The summed E-state index contributed by atoms with van der Waals surface area (Å²) in [6.07, 6.45) is 4.85. The molecule has 0 fully saturated rings. The summed E-state index contributed by atoms with van der Waals surface area (Å²) in [6.45, 7) is 8.83. The number of carbonyl (C=O) groups excluding carboxylic acids is 1. The van der Waals surface area contributed by atoms with Crippen molar-refractivity contribution >= 4 is 5.97 Å². The lowest BCUT2D eigenvalue weighted by Crippen LogP contribution is -2.30. The molecule has 0 rings (SSSR count). The molecule has 14 heavy (non-hydrogen) atoms. The summed E-state index contributed by atoms with van der Waals surface area (Å²) in [7, 11) is 0. The van der Waals surface area contributed by atoms with Crippen molar-refractivity contribution in [1.29, 1.82) is 0 Å². The second-order valence-electron chi connectivity index (χ2n) is 4.20. The number of rotatable bonds is 7. The topological polar surface area (TPSA) is 26.3 Å². The first kappa shape index (κ1) is 13.5. The van der Waals surface area contributed by atoms with Crippen molar-refractivity contribution in [2.24, 2.45) is 5.41 Å². The van der Waals surface area contributed by atoms with E-state index in [0.29, 0.717) is 6.61 Å². The number of ether oxygens (including phenoxy) is 1. The van der Waals surface area contributed by atoms with E-state index in [1.165, 1.54) is 0 Å². The third-order valence-electron chi connectivity index (χ3n) is 2.53. The maximum Gasteiger partial charge on any atom is 0.311 e. The molecule has 0 N–H and O–H groups in total. The number of carbonyl (C=O) groups is 1. The Bertz CT molecular complexity index is 158. The van der Waals surface area contributed by atoms with E-state index >= 15 is 0 Å². The first-order valence-corrected chi connectivity index (χ1v) is 5.78. The molecule has 0 saturated heterocycles. The van der Waals surface area contributed by atoms with Gasteiger partial charge in [-0.1, -0.05) is 33.6 Å². The Kier molecular flexibility index (Phi) is 6.60. The second-order valence-corrected chi connectivity index (χ2v) is 4.20. The van der Waals surface area contributed by atoms with Crippen LogP contribution in [0.5, 0.6) is 0 Å². The summed E-state index contributed by atoms with van der Waals surface area (Å²) in [4.78, 5) is 11.8. The van der Waals surface area contributed by atoms with Crippen LogP contribution in [0, 0.1) is 5.41 Å². The minimum absolute atomic E-state index is 0.0111. The molecule has 0 bridgehead atoms. The Morgan fingerprint density at radius 1 is 1.07 bits per heavy atom. The van der Waals surface area contributed by atoms with E-state index in [-0.39, 0.29) is 11.4 Å². The summed E-state index contributed by atoms with van der Waals surface area (Å²) >= 11 is 0. The van der Waals surface area contributed by atoms with Gasteiger partial charge in [-0.05, 0) is 26.2 Å². The van der Waals surface area contributed by atoms with E-state index in [1.54, 1.807) is 0 Å². The highest BCUT2D eigenvalue weighted by atomic mass is 16.5. The summed E-state index contributed by atoms with van der Waals surface area (Å²) in [6, 6.07) is 0. The molecule has 0 radical (unpaired) electrons. The molecular weight excluding hydrogens is 176 g/mol. The third-order valence-corrected chi connectivity index (χ3v) is 2.53. The minimum atomic E-state index is -0.251. The molecule has 0 aliphatic carbocycles. The number of hydrogen-bond acceptors (Lipinski definition) is 2. The molecule has 84 valence electrons. The van der Waals surface area contributed by atoms with Crippen LogP contribution in [0.15, 0.2) is 0 Å². The van der Waals surface area contributed by atoms with E-state index in [4.69, 9.17) is 4.74 Å². The Morgan fingerprint density at radius 2 is 1.57 bits per heavy atom. The first-order chi connectivity index (χ1) is 6.60. The molecule has 0 atom stereocenters. The fourth-order valence-electron chi connectivity index (χ4n) is 1.80. The van der Waals surface area contributed by atoms with Crippen LogP contribution < -0.4 is 0 Å². The van der Waals surface area contributed by atoms with Crippen LogP contribution in [-0.2, 0) is 9.53 Å². The second kappa shape index (κ2) is 6.86. The third kappa shape index (κ3) is 4.12. The molecule has 0 unspecified atom stereocenters. The lowest BCUT2D eigenvalue weighted by atomic mass is 9.81. The van der Waals surface area contributed by atoms with Gasteiger partial charge in [-0.2, -0.15) is 0 Å². The molecule has 0 saturated carbocycles. The standard InChI is InChI=1S/C12H24O2/c1-5-8-12(4,9-6-2)11(13)14-10-7-3/h5-10H2,1-4H3. The maximum atomic E-state index is 11.8. The smallest absolute Gasteiger partial charge is 0.311 e. The van der Waals surface area contributed by atoms with E-state index < -0.39 is 0 Å². The molecule has 0 aromatic rings. The van der Waals surface area contributed by atoms with Gasteiger partial charge < -0.3 is 4.74 Å². The summed E-state index contributed by atoms with van der Waals surface area (Å²) < 4.78 is 5.22. The zero-order valence-corrected chi connectivity index (χ0v) is 10.1. The van der Waals surface area contributed by atoms with E-state index in [9.17, 15) is 4.79 Å². The zero-order valence-electron chi connectivity index (χ0n) is 10.1. The highest BCUT2D eigenvalue weighted by molar-refractivity contribution is 5.76. The molecular formula is C12H24O2. The van der Waals surface area contributed by atoms with Crippen LogP contribution >= 0.6 is 0 Å². The normalized spacial score (nSPS) is 11.4. The zero-order chi connectivity index (χ0) is 11.0. The van der Waals surface area contributed by atoms with Crippen molar-refractivity contribution in [3.63, 3.8) is 0 Å². The van der Waals surface area contributed by atoms with Crippen LogP contribution in [0.2, 0.25) is 0 Å². The van der Waals surface area contributed by atoms with E-state index in [2.05, 4.69) is 13.8 Å². The van der Waals surface area contributed by atoms with Crippen molar-refractivity contribution in [2.45, 2.75) is 59.8 Å². The van der Waals surface area contributed by atoms with Crippen molar-refractivity contribution in [2.75, 3.05) is 6.61 Å². The molecule has 0 aromatic heterocycles. The highest BCUT2D eigenvalue weighted by Crippen LogP contribution is 2.30. The van der Waals surface area contributed by atoms with Crippen molar-refractivity contribution < 1.29 is 9.53 Å². The molecule has 2 nitrogen and oxygen atoms in total. The van der Waals surface area contributed by atoms with E-state index in [1.807, 2.05) is 13.8 Å². The quantitative estimate of drug-likeness (QED) is 0.587. The van der Waals surface area contributed by atoms with Gasteiger partial charge in [0.05, 0.1) is 12.0 Å². The van der Waals surface area contributed by atoms with Gasteiger partial charge in [-0.3, -0.25) is 4.79 Å². The molecule has 0 aliphatic heterocycles. The van der Waals surface area contributed by atoms with Crippen molar-refractivity contribution in [3.05, 3.63) is 0 Å². The molecule has 2 heteroatoms. The Labute approximate surface area is 88.0 Å². The fourth-order valence-corrected chi connectivity index (χ4v) is 1.80. The Hall–Kier alpha value is -0.530. The average molecular weight is 200 g/mol. The molecule has 0 amide bonds.